The van der Waals surface area contributed by atoms with Crippen molar-refractivity contribution >= 4 is 21.6 Å². The van der Waals surface area contributed by atoms with E-state index in [9.17, 15) is 13.2 Å². The lowest BCUT2D eigenvalue weighted by atomic mass is 10.2. The molecule has 2 N–H and O–H groups in total. The number of nitrogens with zero attached hydrogens (tertiary/aromatic N) is 3. The molecular weight excluding hydrogens is 454 g/mol. The minimum Gasteiger partial charge on any atom is -0.495 e. The van der Waals surface area contributed by atoms with Crippen molar-refractivity contribution in [1.82, 2.24) is 20.1 Å². The summed E-state index contributed by atoms with van der Waals surface area (Å²) in [6, 6.07) is 16.6. The van der Waals surface area contributed by atoms with Gasteiger partial charge in [-0.15, -0.1) is 0 Å². The van der Waals surface area contributed by atoms with E-state index < -0.39 is 15.9 Å². The maximum absolute atomic E-state index is 13.0. The van der Waals surface area contributed by atoms with Crippen molar-refractivity contribution in [3.05, 3.63) is 95.9 Å². The largest absolute Gasteiger partial charge is 0.495 e. The molecule has 1 amide bonds. The van der Waals surface area contributed by atoms with E-state index in [-0.39, 0.29) is 22.8 Å². The van der Waals surface area contributed by atoms with E-state index in [4.69, 9.17) is 4.74 Å². The van der Waals surface area contributed by atoms with Crippen LogP contribution in [0.15, 0.2) is 84.1 Å². The van der Waals surface area contributed by atoms with Crippen molar-refractivity contribution in [2.24, 2.45) is 0 Å². The van der Waals surface area contributed by atoms with Crippen LogP contribution in [0.2, 0.25) is 0 Å². The Kier molecular flexibility index (Phi) is 6.60. The minimum atomic E-state index is -3.99. The van der Waals surface area contributed by atoms with Gasteiger partial charge in [-0.05, 0) is 55.0 Å². The van der Waals surface area contributed by atoms with Crippen molar-refractivity contribution in [3.8, 4) is 11.6 Å². The summed E-state index contributed by atoms with van der Waals surface area (Å²) in [4.78, 5) is 16.9. The number of carbonyl (C=O) groups is 1. The molecular formula is C24H23N5O4S. The molecule has 0 aliphatic rings. The molecule has 0 fully saturated rings. The Balaban J connectivity index is 1.49. The zero-order chi connectivity index (χ0) is 24.1. The van der Waals surface area contributed by atoms with Gasteiger partial charge < -0.3 is 10.1 Å². The number of aromatic nitrogens is 3. The number of amides is 1. The second-order valence-electron chi connectivity index (χ2n) is 7.50. The third-order valence-electron chi connectivity index (χ3n) is 5.02. The Hall–Kier alpha value is -4.18. The first-order chi connectivity index (χ1) is 16.4. The van der Waals surface area contributed by atoms with Gasteiger partial charge >= 0.3 is 0 Å². The summed E-state index contributed by atoms with van der Waals surface area (Å²) in [5.74, 6) is 0.367. The highest BCUT2D eigenvalue weighted by atomic mass is 32.2. The van der Waals surface area contributed by atoms with Crippen LogP contribution in [0.5, 0.6) is 5.75 Å². The van der Waals surface area contributed by atoms with Crippen LogP contribution >= 0.6 is 0 Å². The van der Waals surface area contributed by atoms with Crippen molar-refractivity contribution in [2.45, 2.75) is 18.4 Å². The third kappa shape index (κ3) is 5.24. The van der Waals surface area contributed by atoms with E-state index in [0.717, 1.165) is 11.1 Å². The lowest BCUT2D eigenvalue weighted by molar-refractivity contribution is 0.0950. The average molecular weight is 478 g/mol. The van der Waals surface area contributed by atoms with E-state index in [1.54, 1.807) is 59.7 Å². The van der Waals surface area contributed by atoms with Crippen LogP contribution in [0, 0.1) is 6.92 Å². The summed E-state index contributed by atoms with van der Waals surface area (Å²) in [6.45, 7) is 2.13. The second-order valence-corrected chi connectivity index (χ2v) is 9.15. The van der Waals surface area contributed by atoms with Crippen LogP contribution in [0.25, 0.3) is 5.82 Å². The molecule has 0 aliphatic heterocycles. The fourth-order valence-corrected chi connectivity index (χ4v) is 4.46. The smallest absolute Gasteiger partial charge is 0.265 e. The summed E-state index contributed by atoms with van der Waals surface area (Å²) in [5, 5.41) is 6.91. The number of anilines is 1. The van der Waals surface area contributed by atoms with E-state index in [2.05, 4.69) is 20.1 Å². The van der Waals surface area contributed by atoms with Gasteiger partial charge in [0.05, 0.1) is 7.11 Å². The normalized spacial score (nSPS) is 11.1. The van der Waals surface area contributed by atoms with Crippen LogP contribution in [-0.4, -0.2) is 36.2 Å². The first-order valence-electron chi connectivity index (χ1n) is 10.4. The summed E-state index contributed by atoms with van der Waals surface area (Å²) in [5.41, 5.74) is 2.39. The molecule has 4 aromatic rings. The Morgan fingerprint density at radius 3 is 2.53 bits per heavy atom. The van der Waals surface area contributed by atoms with Crippen molar-refractivity contribution < 1.29 is 17.9 Å². The van der Waals surface area contributed by atoms with E-state index in [1.165, 1.54) is 25.3 Å². The van der Waals surface area contributed by atoms with Gasteiger partial charge in [-0.2, -0.15) is 5.10 Å². The third-order valence-corrected chi connectivity index (χ3v) is 6.42. The molecule has 10 heteroatoms. The molecule has 0 aliphatic carbocycles. The summed E-state index contributed by atoms with van der Waals surface area (Å²) in [6.07, 6.45) is 5.09. The fourth-order valence-electron chi connectivity index (χ4n) is 3.21. The molecule has 4 rings (SSSR count). The topological polar surface area (TPSA) is 115 Å². The number of aryl methyl sites for hydroxylation is 1. The van der Waals surface area contributed by atoms with Crippen molar-refractivity contribution in [2.75, 3.05) is 11.8 Å². The minimum absolute atomic E-state index is 0.131. The number of methoxy groups -OCH3 is 1. The predicted octanol–water partition coefficient (Wildman–Crippen LogP) is 3.32. The Morgan fingerprint density at radius 2 is 1.88 bits per heavy atom. The number of nitrogens with one attached hydrogen (secondary N) is 2. The molecule has 0 radical (unpaired) electrons. The Morgan fingerprint density at radius 1 is 1.09 bits per heavy atom. The molecule has 34 heavy (non-hydrogen) atoms. The number of ether oxygens (including phenoxy) is 1. The number of rotatable bonds is 8. The van der Waals surface area contributed by atoms with Crippen molar-refractivity contribution in [1.29, 1.82) is 0 Å². The zero-order valence-electron chi connectivity index (χ0n) is 18.6. The summed E-state index contributed by atoms with van der Waals surface area (Å²) >= 11 is 0. The van der Waals surface area contributed by atoms with Crippen molar-refractivity contribution in [3.63, 3.8) is 0 Å². The average Bonchev–Trinajstić information content (AvgIpc) is 3.39. The number of benzene rings is 2. The molecule has 9 nitrogen and oxygen atoms in total. The number of carbonyl (C=O) groups excluding carboxylic acids is 1. The number of hydrogen-bond donors (Lipinski definition) is 2. The molecule has 174 valence electrons. The fraction of sp³-hybridized carbons (Fsp3) is 0.125. The van der Waals surface area contributed by atoms with Gasteiger partial charge in [0, 0.05) is 36.4 Å². The van der Waals surface area contributed by atoms with Gasteiger partial charge in [0.25, 0.3) is 15.9 Å². The lowest BCUT2D eigenvalue weighted by Crippen LogP contribution is -2.23. The molecule has 0 spiro atoms. The van der Waals surface area contributed by atoms with E-state index in [0.29, 0.717) is 11.5 Å². The molecule has 0 unspecified atom stereocenters. The Labute approximate surface area is 197 Å². The van der Waals surface area contributed by atoms with Crippen LogP contribution < -0.4 is 14.8 Å². The zero-order valence-corrected chi connectivity index (χ0v) is 19.4. The van der Waals surface area contributed by atoms with Crippen LogP contribution in [0.1, 0.15) is 21.5 Å². The first kappa shape index (κ1) is 23.0. The molecule has 2 aromatic heterocycles. The van der Waals surface area contributed by atoms with Crippen LogP contribution in [0.3, 0.4) is 0 Å². The maximum Gasteiger partial charge on any atom is 0.265 e. The van der Waals surface area contributed by atoms with E-state index >= 15 is 0 Å². The van der Waals surface area contributed by atoms with Gasteiger partial charge in [0.2, 0.25) is 0 Å². The van der Waals surface area contributed by atoms with Gasteiger partial charge in [-0.3, -0.25) is 9.52 Å². The van der Waals surface area contributed by atoms with Gasteiger partial charge in [-0.1, -0.05) is 23.8 Å². The van der Waals surface area contributed by atoms with Gasteiger partial charge in [-0.25, -0.2) is 18.1 Å². The molecule has 0 saturated heterocycles. The summed E-state index contributed by atoms with van der Waals surface area (Å²) in [7, 11) is -2.62. The van der Waals surface area contributed by atoms with Gasteiger partial charge in [0.15, 0.2) is 5.82 Å². The SMILES string of the molecule is COc1ccc(C(=O)NCc2ccc(-n3cccn3)nc2)cc1S(=O)(=O)Nc1ccc(C)cc1. The molecule has 0 atom stereocenters. The molecule has 2 heterocycles. The Bertz CT molecular complexity index is 1380. The van der Waals surface area contributed by atoms with Crippen LogP contribution in [0.4, 0.5) is 5.69 Å². The summed E-state index contributed by atoms with van der Waals surface area (Å²) < 4.78 is 35.4. The monoisotopic (exact) mass is 477 g/mol. The molecule has 2 aromatic carbocycles. The second kappa shape index (κ2) is 9.75. The number of sulfonamides is 1. The highest BCUT2D eigenvalue weighted by Crippen LogP contribution is 2.27. The highest BCUT2D eigenvalue weighted by molar-refractivity contribution is 7.92. The lowest BCUT2D eigenvalue weighted by Gasteiger charge is -2.13. The number of hydrogen-bond acceptors (Lipinski definition) is 6. The first-order valence-corrected chi connectivity index (χ1v) is 11.8. The predicted molar refractivity (Wildman–Crippen MR) is 128 cm³/mol. The van der Waals surface area contributed by atoms with Crippen LogP contribution in [-0.2, 0) is 16.6 Å². The molecule has 0 bridgehead atoms. The molecule has 0 saturated carbocycles. The quantitative estimate of drug-likeness (QED) is 0.402. The number of pyridine rings is 1. The maximum atomic E-state index is 13.0. The van der Waals surface area contributed by atoms with Gasteiger partial charge in [0.1, 0.15) is 10.6 Å². The van der Waals surface area contributed by atoms with E-state index in [1.807, 2.05) is 13.0 Å². The standard InChI is InChI=1S/C24H23N5O4S/c1-17-4-8-20(9-5-17)28-34(31,32)22-14-19(7-10-21(22)33-2)24(30)26-16-18-6-11-23(25-15-18)29-13-3-12-27-29/h3-15,28H,16H2,1-2H3,(H,26,30). The highest BCUT2D eigenvalue weighted by Gasteiger charge is 2.22.